The summed E-state index contributed by atoms with van der Waals surface area (Å²) in [6.45, 7) is 1.75. The van der Waals surface area contributed by atoms with E-state index in [1.54, 1.807) is 25.1 Å². The molecule has 0 bridgehead atoms. The van der Waals surface area contributed by atoms with Gasteiger partial charge in [-0.25, -0.2) is 9.59 Å². The average Bonchev–Trinajstić information content (AvgIpc) is 3.29. The summed E-state index contributed by atoms with van der Waals surface area (Å²) in [5.41, 5.74) is 4.63. The van der Waals surface area contributed by atoms with Crippen LogP contribution in [0.25, 0.3) is 21.5 Å². The molecule has 1 aliphatic rings. The Labute approximate surface area is 211 Å². The molecule has 0 radical (unpaired) electrons. The molecule has 2 aromatic heterocycles. The molecule has 1 atom stereocenters. The van der Waals surface area contributed by atoms with Crippen molar-refractivity contribution in [1.82, 2.24) is 9.97 Å². The van der Waals surface area contributed by atoms with E-state index in [1.807, 2.05) is 18.2 Å². The zero-order chi connectivity index (χ0) is 25.2. The number of nitrogens with one attached hydrogen (secondary N) is 1. The van der Waals surface area contributed by atoms with E-state index in [4.69, 9.17) is 9.47 Å². The van der Waals surface area contributed by atoms with Gasteiger partial charge in [0, 0.05) is 17.3 Å². The van der Waals surface area contributed by atoms with Crippen LogP contribution in [0.3, 0.4) is 0 Å². The van der Waals surface area contributed by atoms with Crippen molar-refractivity contribution < 1.29 is 23.9 Å². The number of hydrogen-bond acceptors (Lipinski definition) is 8. The van der Waals surface area contributed by atoms with Gasteiger partial charge in [0.15, 0.2) is 6.10 Å². The lowest BCUT2D eigenvalue weighted by atomic mass is 9.89. The van der Waals surface area contributed by atoms with Gasteiger partial charge in [0.05, 0.1) is 23.8 Å². The topological polar surface area (TPSA) is 107 Å². The van der Waals surface area contributed by atoms with Crippen molar-refractivity contribution in [3.05, 3.63) is 77.1 Å². The van der Waals surface area contributed by atoms with Crippen LogP contribution in [0, 0.1) is 0 Å². The number of amides is 1. The fourth-order valence-electron chi connectivity index (χ4n) is 4.41. The summed E-state index contributed by atoms with van der Waals surface area (Å²) in [5, 5.41) is 3.22. The van der Waals surface area contributed by atoms with Crippen LogP contribution < -0.4 is 5.32 Å². The van der Waals surface area contributed by atoms with Crippen molar-refractivity contribution in [3.63, 3.8) is 0 Å². The number of anilines is 1. The summed E-state index contributed by atoms with van der Waals surface area (Å²) in [6, 6.07) is 13.0. The molecule has 4 aromatic rings. The number of carbonyl (C=O) groups excluding carboxylic acids is 3. The number of para-hydroxylation sites is 1. The molecule has 1 N–H and O–H groups in total. The fraction of sp³-hybridized carbons (Fsp3) is 0.222. The van der Waals surface area contributed by atoms with Crippen LogP contribution in [0.2, 0.25) is 0 Å². The van der Waals surface area contributed by atoms with E-state index in [2.05, 4.69) is 21.4 Å². The first kappa shape index (κ1) is 23.6. The van der Waals surface area contributed by atoms with Gasteiger partial charge in [0.2, 0.25) is 0 Å². The molecule has 8 nitrogen and oxygen atoms in total. The third-order valence-corrected chi connectivity index (χ3v) is 7.35. The van der Waals surface area contributed by atoms with Crippen molar-refractivity contribution in [1.29, 1.82) is 0 Å². The Hall–Kier alpha value is -4.11. The standard InChI is InChI=1S/C27H23N3O5S/c1-3-20(35-26(32)18-9-6-10-19-22(18)29-14-13-28-19)24(31)30-25-21(27(33)34-2)17-12-11-15-7-4-5-8-16(15)23(17)36-25/h4-10,13-14,20H,3,11-12H2,1-2H3,(H,30,31). The highest BCUT2D eigenvalue weighted by atomic mass is 32.1. The lowest BCUT2D eigenvalue weighted by molar-refractivity contribution is -0.124. The second-order valence-corrected chi connectivity index (χ2v) is 9.30. The second-order valence-electron chi connectivity index (χ2n) is 8.28. The number of fused-ring (bicyclic) bond motifs is 4. The minimum absolute atomic E-state index is 0.227. The van der Waals surface area contributed by atoms with Gasteiger partial charge in [0.1, 0.15) is 10.5 Å². The summed E-state index contributed by atoms with van der Waals surface area (Å²) < 4.78 is 10.6. The van der Waals surface area contributed by atoms with Crippen molar-refractivity contribution >= 4 is 45.2 Å². The molecule has 1 unspecified atom stereocenters. The number of nitrogens with zero attached hydrogens (tertiary/aromatic N) is 2. The molecule has 0 fully saturated rings. The first-order valence-corrected chi connectivity index (χ1v) is 12.4. The molecule has 36 heavy (non-hydrogen) atoms. The van der Waals surface area contributed by atoms with Crippen LogP contribution in [0.15, 0.2) is 54.9 Å². The summed E-state index contributed by atoms with van der Waals surface area (Å²) in [6.07, 6.45) is 3.67. The number of aromatic nitrogens is 2. The maximum atomic E-state index is 13.2. The largest absolute Gasteiger partial charge is 0.465 e. The van der Waals surface area contributed by atoms with E-state index in [0.717, 1.165) is 22.4 Å². The predicted octanol–water partition coefficient (Wildman–Crippen LogP) is 4.82. The SMILES string of the molecule is CCC(OC(=O)c1cccc2nccnc12)C(=O)Nc1sc2c(c1C(=O)OC)CCc1ccccc1-2. The Morgan fingerprint density at radius 1 is 1.03 bits per heavy atom. The normalized spacial score (nSPS) is 12.8. The van der Waals surface area contributed by atoms with Gasteiger partial charge >= 0.3 is 11.9 Å². The molecule has 1 aliphatic carbocycles. The summed E-state index contributed by atoms with van der Waals surface area (Å²) >= 11 is 1.33. The molecule has 2 aromatic carbocycles. The highest BCUT2D eigenvalue weighted by Gasteiger charge is 2.31. The molecule has 182 valence electrons. The number of carbonyl (C=O) groups is 3. The Bertz CT molecular complexity index is 1490. The van der Waals surface area contributed by atoms with Crippen LogP contribution in [-0.2, 0) is 27.1 Å². The first-order valence-electron chi connectivity index (χ1n) is 11.6. The van der Waals surface area contributed by atoms with Gasteiger partial charge in [-0.1, -0.05) is 37.3 Å². The van der Waals surface area contributed by atoms with Gasteiger partial charge in [-0.15, -0.1) is 11.3 Å². The second kappa shape index (κ2) is 9.87. The Kier molecular flexibility index (Phi) is 6.47. The number of methoxy groups -OCH3 is 1. The molecule has 0 aliphatic heterocycles. The molecular formula is C27H23N3O5S. The fourth-order valence-corrected chi connectivity index (χ4v) is 5.71. The van der Waals surface area contributed by atoms with Crippen molar-refractivity contribution in [2.45, 2.75) is 32.3 Å². The van der Waals surface area contributed by atoms with E-state index in [-0.39, 0.29) is 12.0 Å². The number of thiophene rings is 1. The first-order chi connectivity index (χ1) is 17.5. The number of benzene rings is 2. The van der Waals surface area contributed by atoms with Crippen molar-refractivity contribution in [3.8, 4) is 10.4 Å². The third-order valence-electron chi connectivity index (χ3n) is 6.17. The smallest absolute Gasteiger partial charge is 0.341 e. The van der Waals surface area contributed by atoms with Gasteiger partial charge < -0.3 is 14.8 Å². The van der Waals surface area contributed by atoms with E-state index in [0.29, 0.717) is 28.0 Å². The van der Waals surface area contributed by atoms with Gasteiger partial charge in [-0.05, 0) is 48.1 Å². The zero-order valence-electron chi connectivity index (χ0n) is 19.7. The van der Waals surface area contributed by atoms with Crippen LogP contribution in [-0.4, -0.2) is 41.0 Å². The van der Waals surface area contributed by atoms with Gasteiger partial charge in [-0.3, -0.25) is 14.8 Å². The Morgan fingerprint density at radius 3 is 2.64 bits per heavy atom. The molecule has 2 heterocycles. The van der Waals surface area contributed by atoms with E-state index >= 15 is 0 Å². The van der Waals surface area contributed by atoms with Crippen molar-refractivity contribution in [2.75, 3.05) is 12.4 Å². The molecule has 0 saturated carbocycles. The van der Waals surface area contributed by atoms with E-state index in [9.17, 15) is 14.4 Å². The Morgan fingerprint density at radius 2 is 1.83 bits per heavy atom. The quantitative estimate of drug-likeness (QED) is 0.378. The third kappa shape index (κ3) is 4.22. The monoisotopic (exact) mass is 501 g/mol. The average molecular weight is 502 g/mol. The lowest BCUT2D eigenvalue weighted by Crippen LogP contribution is -2.32. The molecule has 9 heteroatoms. The highest BCUT2D eigenvalue weighted by Crippen LogP contribution is 2.45. The number of esters is 2. The summed E-state index contributed by atoms with van der Waals surface area (Å²) in [5.74, 6) is -1.70. The molecular weight excluding hydrogens is 478 g/mol. The van der Waals surface area contributed by atoms with Crippen molar-refractivity contribution in [2.24, 2.45) is 0 Å². The minimum Gasteiger partial charge on any atom is -0.465 e. The Balaban J connectivity index is 1.43. The van der Waals surface area contributed by atoms with Crippen LogP contribution in [0.5, 0.6) is 0 Å². The van der Waals surface area contributed by atoms with Crippen LogP contribution >= 0.6 is 11.3 Å². The highest BCUT2D eigenvalue weighted by molar-refractivity contribution is 7.20. The number of aryl methyl sites for hydroxylation is 1. The molecule has 1 amide bonds. The number of hydrogen-bond donors (Lipinski definition) is 1. The van der Waals surface area contributed by atoms with Crippen LogP contribution in [0.4, 0.5) is 5.00 Å². The number of rotatable bonds is 6. The minimum atomic E-state index is -1.07. The van der Waals surface area contributed by atoms with E-state index < -0.39 is 23.9 Å². The van der Waals surface area contributed by atoms with E-state index in [1.165, 1.54) is 36.4 Å². The summed E-state index contributed by atoms with van der Waals surface area (Å²) in [4.78, 5) is 48.3. The number of ether oxygens (including phenoxy) is 2. The van der Waals surface area contributed by atoms with Crippen LogP contribution in [0.1, 0.15) is 45.2 Å². The molecule has 0 spiro atoms. The predicted molar refractivity (Wildman–Crippen MR) is 136 cm³/mol. The van der Waals surface area contributed by atoms with Gasteiger partial charge in [-0.2, -0.15) is 0 Å². The maximum Gasteiger partial charge on any atom is 0.341 e. The van der Waals surface area contributed by atoms with Gasteiger partial charge in [0.25, 0.3) is 5.91 Å². The molecule has 0 saturated heterocycles. The maximum absolute atomic E-state index is 13.2. The zero-order valence-corrected chi connectivity index (χ0v) is 20.6. The molecule has 5 rings (SSSR count). The summed E-state index contributed by atoms with van der Waals surface area (Å²) in [7, 11) is 1.32. The lowest BCUT2D eigenvalue weighted by Gasteiger charge is -2.17.